The van der Waals surface area contributed by atoms with E-state index >= 15 is 0 Å². The Morgan fingerprint density at radius 2 is 2.00 bits per heavy atom. The zero-order chi connectivity index (χ0) is 10.6. The largest absolute Gasteiger partial charge is 0.392 e. The fourth-order valence-corrected chi connectivity index (χ4v) is 2.01. The maximum absolute atomic E-state index is 11.8. The Balaban J connectivity index is 2.41. The summed E-state index contributed by atoms with van der Waals surface area (Å²) in [6.45, 7) is 4.08. The van der Waals surface area contributed by atoms with Gasteiger partial charge < -0.3 is 10.4 Å². The Hall–Kier alpha value is -0.570. The molecule has 0 aliphatic heterocycles. The Labute approximate surface area is 85.9 Å². The van der Waals surface area contributed by atoms with Crippen molar-refractivity contribution in [2.45, 2.75) is 52.1 Å². The summed E-state index contributed by atoms with van der Waals surface area (Å²) in [5, 5.41) is 11.9. The molecule has 0 unspecified atom stereocenters. The number of aliphatic hydroxyl groups excluding tert-OH is 1. The minimum absolute atomic E-state index is 0.109. The van der Waals surface area contributed by atoms with Crippen molar-refractivity contribution in [2.24, 2.45) is 5.41 Å². The number of carbonyl (C=O) groups is 1. The van der Waals surface area contributed by atoms with E-state index in [4.69, 9.17) is 5.11 Å². The zero-order valence-electron chi connectivity index (χ0n) is 9.18. The summed E-state index contributed by atoms with van der Waals surface area (Å²) in [5.41, 5.74) is -0.187. The van der Waals surface area contributed by atoms with Gasteiger partial charge in [0.2, 0.25) is 5.91 Å². The van der Waals surface area contributed by atoms with Gasteiger partial charge in [-0.05, 0) is 19.8 Å². The van der Waals surface area contributed by atoms with Gasteiger partial charge in [0.1, 0.15) is 0 Å². The number of carbonyl (C=O) groups excluding carboxylic acids is 1. The third-order valence-corrected chi connectivity index (χ3v) is 3.06. The molecule has 3 heteroatoms. The van der Waals surface area contributed by atoms with Crippen molar-refractivity contribution < 1.29 is 9.90 Å². The number of amides is 1. The lowest BCUT2D eigenvalue weighted by molar-refractivity contribution is -0.132. The van der Waals surface area contributed by atoms with Crippen LogP contribution in [0.4, 0.5) is 0 Å². The summed E-state index contributed by atoms with van der Waals surface area (Å²) in [4.78, 5) is 11.8. The van der Waals surface area contributed by atoms with Gasteiger partial charge in [0.05, 0.1) is 6.10 Å². The minimum Gasteiger partial charge on any atom is -0.392 e. The Morgan fingerprint density at radius 1 is 1.43 bits per heavy atom. The van der Waals surface area contributed by atoms with Gasteiger partial charge in [-0.2, -0.15) is 0 Å². The summed E-state index contributed by atoms with van der Waals surface area (Å²) in [6.07, 6.45) is 5.07. The quantitative estimate of drug-likeness (QED) is 0.723. The van der Waals surface area contributed by atoms with Crippen LogP contribution >= 0.6 is 0 Å². The van der Waals surface area contributed by atoms with Crippen molar-refractivity contribution in [1.82, 2.24) is 5.32 Å². The molecule has 14 heavy (non-hydrogen) atoms. The topological polar surface area (TPSA) is 49.3 Å². The lowest BCUT2D eigenvalue weighted by Crippen LogP contribution is -2.42. The van der Waals surface area contributed by atoms with Crippen LogP contribution in [-0.4, -0.2) is 23.7 Å². The Kier molecular flexibility index (Phi) is 3.93. The summed E-state index contributed by atoms with van der Waals surface area (Å²) >= 11 is 0. The lowest BCUT2D eigenvalue weighted by Gasteiger charge is -2.32. The average Bonchev–Trinajstić information content (AvgIpc) is 2.15. The molecule has 1 aliphatic carbocycles. The third-order valence-electron chi connectivity index (χ3n) is 3.06. The van der Waals surface area contributed by atoms with E-state index in [2.05, 4.69) is 5.32 Å². The van der Waals surface area contributed by atoms with Gasteiger partial charge in [-0.1, -0.05) is 26.2 Å². The first-order chi connectivity index (χ1) is 6.54. The van der Waals surface area contributed by atoms with Crippen molar-refractivity contribution in [3.63, 3.8) is 0 Å². The van der Waals surface area contributed by atoms with Crippen LogP contribution < -0.4 is 5.32 Å². The summed E-state index contributed by atoms with van der Waals surface area (Å²) in [6, 6.07) is 0. The number of rotatable bonds is 3. The molecule has 1 amide bonds. The molecule has 0 aromatic rings. The predicted molar refractivity (Wildman–Crippen MR) is 55.9 cm³/mol. The molecule has 1 fully saturated rings. The van der Waals surface area contributed by atoms with Gasteiger partial charge in [-0.25, -0.2) is 0 Å². The van der Waals surface area contributed by atoms with E-state index in [1.165, 1.54) is 6.42 Å². The Morgan fingerprint density at radius 3 is 2.50 bits per heavy atom. The molecule has 1 rings (SSSR count). The highest BCUT2D eigenvalue weighted by molar-refractivity contribution is 5.82. The van der Waals surface area contributed by atoms with Crippen molar-refractivity contribution >= 4 is 5.91 Å². The van der Waals surface area contributed by atoms with Crippen LogP contribution in [-0.2, 0) is 4.79 Å². The fourth-order valence-electron chi connectivity index (χ4n) is 2.01. The van der Waals surface area contributed by atoms with Gasteiger partial charge in [-0.15, -0.1) is 0 Å². The van der Waals surface area contributed by atoms with Gasteiger partial charge in [-0.3, -0.25) is 4.79 Å². The second kappa shape index (κ2) is 4.78. The molecule has 1 atom stereocenters. The average molecular weight is 199 g/mol. The van der Waals surface area contributed by atoms with Crippen LogP contribution in [0.15, 0.2) is 0 Å². The number of nitrogens with one attached hydrogen (secondary N) is 1. The molecule has 1 aliphatic rings. The lowest BCUT2D eigenvalue weighted by atomic mass is 9.75. The highest BCUT2D eigenvalue weighted by Crippen LogP contribution is 2.35. The maximum Gasteiger partial charge on any atom is 0.226 e. The van der Waals surface area contributed by atoms with Crippen molar-refractivity contribution in [3.8, 4) is 0 Å². The van der Waals surface area contributed by atoms with Crippen molar-refractivity contribution in [2.75, 3.05) is 6.54 Å². The maximum atomic E-state index is 11.8. The SMILES string of the molecule is C[C@H](O)CNC(=O)C1(C)CCCCC1. The molecule has 0 radical (unpaired) electrons. The van der Waals surface area contributed by atoms with Crippen LogP contribution in [0.2, 0.25) is 0 Å². The molecular formula is C11H21NO2. The van der Waals surface area contributed by atoms with E-state index < -0.39 is 6.10 Å². The Bertz CT molecular complexity index is 195. The van der Waals surface area contributed by atoms with Gasteiger partial charge in [0.15, 0.2) is 0 Å². The molecule has 0 saturated heterocycles. The summed E-state index contributed by atoms with van der Waals surface area (Å²) < 4.78 is 0. The van der Waals surface area contributed by atoms with Gasteiger partial charge in [0.25, 0.3) is 0 Å². The van der Waals surface area contributed by atoms with E-state index in [9.17, 15) is 4.79 Å². The van der Waals surface area contributed by atoms with Crippen molar-refractivity contribution in [3.05, 3.63) is 0 Å². The minimum atomic E-state index is -0.453. The molecule has 0 heterocycles. The van der Waals surface area contributed by atoms with E-state index in [1.54, 1.807) is 6.92 Å². The first-order valence-electron chi connectivity index (χ1n) is 5.51. The number of hydrogen-bond acceptors (Lipinski definition) is 2. The van der Waals surface area contributed by atoms with E-state index in [1.807, 2.05) is 6.92 Å². The second-order valence-electron chi connectivity index (χ2n) is 4.68. The first kappa shape index (κ1) is 11.5. The number of aliphatic hydroxyl groups is 1. The normalized spacial score (nSPS) is 22.8. The predicted octanol–water partition coefficient (Wildman–Crippen LogP) is 1.45. The van der Waals surface area contributed by atoms with Crippen molar-refractivity contribution in [1.29, 1.82) is 0 Å². The van der Waals surface area contributed by atoms with E-state index in [0.717, 1.165) is 25.7 Å². The van der Waals surface area contributed by atoms with Crippen LogP contribution in [0.3, 0.4) is 0 Å². The third kappa shape index (κ3) is 2.98. The molecule has 82 valence electrons. The molecule has 3 nitrogen and oxygen atoms in total. The zero-order valence-corrected chi connectivity index (χ0v) is 9.18. The smallest absolute Gasteiger partial charge is 0.226 e. The molecule has 0 aromatic heterocycles. The molecule has 2 N–H and O–H groups in total. The fraction of sp³-hybridized carbons (Fsp3) is 0.909. The molecule has 0 spiro atoms. The molecule has 0 aromatic carbocycles. The first-order valence-corrected chi connectivity index (χ1v) is 5.51. The van der Waals surface area contributed by atoms with E-state index in [-0.39, 0.29) is 11.3 Å². The van der Waals surface area contributed by atoms with Gasteiger partial charge in [0, 0.05) is 12.0 Å². The highest BCUT2D eigenvalue weighted by Gasteiger charge is 2.34. The molecular weight excluding hydrogens is 178 g/mol. The molecule has 0 bridgehead atoms. The van der Waals surface area contributed by atoms with Gasteiger partial charge >= 0.3 is 0 Å². The van der Waals surface area contributed by atoms with Crippen LogP contribution in [0.1, 0.15) is 46.0 Å². The van der Waals surface area contributed by atoms with Crippen LogP contribution in [0.5, 0.6) is 0 Å². The monoisotopic (exact) mass is 199 g/mol. The van der Waals surface area contributed by atoms with E-state index in [0.29, 0.717) is 6.54 Å². The highest BCUT2D eigenvalue weighted by atomic mass is 16.3. The van der Waals surface area contributed by atoms with Crippen LogP contribution in [0.25, 0.3) is 0 Å². The summed E-state index contributed by atoms with van der Waals surface area (Å²) in [5.74, 6) is 0.109. The summed E-state index contributed by atoms with van der Waals surface area (Å²) in [7, 11) is 0. The van der Waals surface area contributed by atoms with Crippen LogP contribution in [0, 0.1) is 5.41 Å². The molecule has 1 saturated carbocycles. The number of hydrogen-bond donors (Lipinski definition) is 2. The standard InChI is InChI=1S/C11H21NO2/c1-9(13)8-12-10(14)11(2)6-4-3-5-7-11/h9,13H,3-8H2,1-2H3,(H,12,14)/t9-/m0/s1. The second-order valence-corrected chi connectivity index (χ2v) is 4.68.